The number of anilines is 1. The Hall–Kier alpha value is -1.88. The topological polar surface area (TPSA) is 41.6 Å². The van der Waals surface area contributed by atoms with Gasteiger partial charge in [-0.3, -0.25) is 9.69 Å². The summed E-state index contributed by atoms with van der Waals surface area (Å²) in [4.78, 5) is 15.1. The molecule has 2 aliphatic rings. The van der Waals surface area contributed by atoms with Crippen LogP contribution in [0.25, 0.3) is 0 Å². The lowest BCUT2D eigenvalue weighted by atomic mass is 9.80. The first-order chi connectivity index (χ1) is 11.7. The van der Waals surface area contributed by atoms with Crippen molar-refractivity contribution in [2.24, 2.45) is 0 Å². The van der Waals surface area contributed by atoms with E-state index < -0.39 is 0 Å². The van der Waals surface area contributed by atoms with Crippen LogP contribution in [0.2, 0.25) is 5.02 Å². The first kappa shape index (κ1) is 15.6. The van der Waals surface area contributed by atoms with Crippen LogP contribution in [-0.4, -0.2) is 43.2 Å². The van der Waals surface area contributed by atoms with Crippen LogP contribution in [-0.2, 0) is 9.53 Å². The first-order valence-electron chi connectivity index (χ1n) is 8.21. The van der Waals surface area contributed by atoms with Crippen molar-refractivity contribution in [2.45, 2.75) is 12.0 Å². The van der Waals surface area contributed by atoms with Crippen LogP contribution in [0.1, 0.15) is 17.0 Å². The lowest BCUT2D eigenvalue weighted by Crippen LogP contribution is -2.54. The number of hydrogen-bond acceptors (Lipinski definition) is 3. The number of carbonyl (C=O) groups excluding carboxylic acids is 1. The summed E-state index contributed by atoms with van der Waals surface area (Å²) in [6.07, 6.45) is 0. The molecule has 124 valence electrons. The maximum Gasteiger partial charge on any atom is 0.242 e. The fraction of sp³-hybridized carbons (Fsp3) is 0.316. The second-order valence-corrected chi connectivity index (χ2v) is 6.64. The van der Waals surface area contributed by atoms with Crippen molar-refractivity contribution >= 4 is 23.2 Å². The molecule has 5 heteroatoms. The summed E-state index contributed by atoms with van der Waals surface area (Å²) in [5.41, 5.74) is 3.06. The molecule has 0 unspecified atom stereocenters. The highest BCUT2D eigenvalue weighted by Gasteiger charge is 2.41. The number of hydrogen-bond donors (Lipinski definition) is 1. The molecule has 2 aromatic rings. The van der Waals surface area contributed by atoms with Gasteiger partial charge in [0.15, 0.2) is 0 Å². The minimum atomic E-state index is -0.248. The van der Waals surface area contributed by atoms with E-state index in [9.17, 15) is 4.79 Å². The van der Waals surface area contributed by atoms with Gasteiger partial charge in [-0.1, -0.05) is 41.9 Å². The van der Waals surface area contributed by atoms with Crippen LogP contribution in [0, 0.1) is 0 Å². The molecule has 2 aromatic carbocycles. The largest absolute Gasteiger partial charge is 0.379 e. The standard InChI is InChI=1S/C19H19ClN2O2/c20-14-6-7-16-15(12-14)17(13-4-2-1-3-5-13)18(19(23)21-16)22-8-10-24-11-9-22/h1-7,12,17-18H,8-11H2,(H,21,23)/t17-,18+/m0/s1. The van der Waals surface area contributed by atoms with Gasteiger partial charge in [0.2, 0.25) is 5.91 Å². The van der Waals surface area contributed by atoms with Gasteiger partial charge < -0.3 is 10.1 Å². The molecule has 0 bridgehead atoms. The monoisotopic (exact) mass is 342 g/mol. The molecule has 0 spiro atoms. The number of halogens is 1. The molecular formula is C19H19ClN2O2. The molecule has 4 rings (SSSR count). The number of benzene rings is 2. The number of morpholine rings is 1. The number of ether oxygens (including phenoxy) is 1. The molecule has 0 aromatic heterocycles. The van der Waals surface area contributed by atoms with Crippen molar-refractivity contribution in [3.63, 3.8) is 0 Å². The highest BCUT2D eigenvalue weighted by molar-refractivity contribution is 6.30. The Balaban J connectivity index is 1.83. The Morgan fingerprint density at radius 3 is 2.58 bits per heavy atom. The van der Waals surface area contributed by atoms with Gasteiger partial charge in [-0.2, -0.15) is 0 Å². The van der Waals surface area contributed by atoms with Crippen molar-refractivity contribution in [1.82, 2.24) is 4.90 Å². The van der Waals surface area contributed by atoms with Crippen LogP contribution >= 0.6 is 11.6 Å². The minimum Gasteiger partial charge on any atom is -0.379 e. The van der Waals surface area contributed by atoms with Crippen LogP contribution in [0.5, 0.6) is 0 Å². The Morgan fingerprint density at radius 2 is 1.83 bits per heavy atom. The lowest BCUT2D eigenvalue weighted by Gasteiger charge is -2.41. The summed E-state index contributed by atoms with van der Waals surface area (Å²) >= 11 is 6.25. The highest BCUT2D eigenvalue weighted by Crippen LogP contribution is 2.40. The average molecular weight is 343 g/mol. The predicted molar refractivity (Wildman–Crippen MR) is 94.5 cm³/mol. The zero-order chi connectivity index (χ0) is 16.5. The summed E-state index contributed by atoms with van der Waals surface area (Å²) in [5.74, 6) is 0.00678. The van der Waals surface area contributed by atoms with E-state index in [1.165, 1.54) is 0 Å². The number of amides is 1. The molecule has 0 radical (unpaired) electrons. The second-order valence-electron chi connectivity index (χ2n) is 6.20. The zero-order valence-corrected chi connectivity index (χ0v) is 14.0. The molecule has 1 N–H and O–H groups in total. The fourth-order valence-electron chi connectivity index (χ4n) is 3.69. The normalized spacial score (nSPS) is 24.3. The number of fused-ring (bicyclic) bond motifs is 1. The van der Waals surface area contributed by atoms with E-state index in [1.807, 2.05) is 36.4 Å². The van der Waals surface area contributed by atoms with Crippen molar-refractivity contribution in [1.29, 1.82) is 0 Å². The van der Waals surface area contributed by atoms with Crippen LogP contribution in [0.3, 0.4) is 0 Å². The van der Waals surface area contributed by atoms with Gasteiger partial charge in [-0.15, -0.1) is 0 Å². The Kier molecular flexibility index (Phi) is 4.27. The number of carbonyl (C=O) groups is 1. The number of nitrogens with zero attached hydrogens (tertiary/aromatic N) is 1. The first-order valence-corrected chi connectivity index (χ1v) is 8.59. The molecule has 2 aliphatic heterocycles. The quantitative estimate of drug-likeness (QED) is 0.911. The maximum atomic E-state index is 12.9. The summed E-state index contributed by atoms with van der Waals surface area (Å²) in [6.45, 7) is 2.84. The average Bonchev–Trinajstić information content (AvgIpc) is 2.62. The van der Waals surface area contributed by atoms with Crippen molar-refractivity contribution in [3.05, 3.63) is 64.7 Å². The van der Waals surface area contributed by atoms with Gasteiger partial charge in [-0.05, 0) is 29.3 Å². The Bertz CT molecular complexity index is 744. The molecule has 4 nitrogen and oxygen atoms in total. The third-order valence-corrected chi connectivity index (χ3v) is 5.02. The van der Waals surface area contributed by atoms with Gasteiger partial charge >= 0.3 is 0 Å². The highest BCUT2D eigenvalue weighted by atomic mass is 35.5. The van der Waals surface area contributed by atoms with Crippen LogP contribution in [0.15, 0.2) is 48.5 Å². The molecule has 24 heavy (non-hydrogen) atoms. The van der Waals surface area contributed by atoms with E-state index in [1.54, 1.807) is 0 Å². The second kappa shape index (κ2) is 6.55. The Labute approximate surface area is 146 Å². The van der Waals surface area contributed by atoms with Gasteiger partial charge in [0.25, 0.3) is 0 Å². The van der Waals surface area contributed by atoms with E-state index in [0.29, 0.717) is 18.2 Å². The van der Waals surface area contributed by atoms with E-state index in [2.05, 4.69) is 22.3 Å². The molecular weight excluding hydrogens is 324 g/mol. The van der Waals surface area contributed by atoms with Crippen LogP contribution in [0.4, 0.5) is 5.69 Å². The SMILES string of the molecule is O=C1Nc2ccc(Cl)cc2[C@H](c2ccccc2)[C@H]1N1CCOCC1. The fourth-order valence-corrected chi connectivity index (χ4v) is 3.87. The molecule has 0 saturated carbocycles. The van der Waals surface area contributed by atoms with Crippen molar-refractivity contribution in [2.75, 3.05) is 31.6 Å². The van der Waals surface area contributed by atoms with Gasteiger partial charge in [0.05, 0.1) is 13.2 Å². The lowest BCUT2D eigenvalue weighted by molar-refractivity contribution is -0.124. The van der Waals surface area contributed by atoms with E-state index in [0.717, 1.165) is 29.9 Å². The molecule has 2 atom stereocenters. The third-order valence-electron chi connectivity index (χ3n) is 4.79. The van der Waals surface area contributed by atoms with E-state index >= 15 is 0 Å². The van der Waals surface area contributed by atoms with E-state index in [4.69, 9.17) is 16.3 Å². The molecule has 1 amide bonds. The van der Waals surface area contributed by atoms with Crippen LogP contribution < -0.4 is 5.32 Å². The zero-order valence-electron chi connectivity index (χ0n) is 13.2. The Morgan fingerprint density at radius 1 is 1.08 bits per heavy atom. The van der Waals surface area contributed by atoms with E-state index in [-0.39, 0.29) is 17.9 Å². The maximum absolute atomic E-state index is 12.9. The minimum absolute atomic E-state index is 0.0354. The van der Waals surface area contributed by atoms with Gasteiger partial charge in [0.1, 0.15) is 6.04 Å². The van der Waals surface area contributed by atoms with Gasteiger partial charge in [0, 0.05) is 29.7 Å². The summed E-state index contributed by atoms with van der Waals surface area (Å²) in [5, 5.41) is 3.74. The summed E-state index contributed by atoms with van der Waals surface area (Å²) < 4.78 is 5.46. The number of nitrogens with one attached hydrogen (secondary N) is 1. The summed E-state index contributed by atoms with van der Waals surface area (Å²) in [6, 6.07) is 15.6. The van der Waals surface area contributed by atoms with Crippen molar-refractivity contribution < 1.29 is 9.53 Å². The molecule has 2 heterocycles. The predicted octanol–water partition coefficient (Wildman–Crippen LogP) is 3.12. The van der Waals surface area contributed by atoms with Gasteiger partial charge in [-0.25, -0.2) is 0 Å². The summed E-state index contributed by atoms with van der Waals surface area (Å²) in [7, 11) is 0. The smallest absolute Gasteiger partial charge is 0.242 e. The molecule has 0 aliphatic carbocycles. The molecule has 1 fully saturated rings. The molecule has 1 saturated heterocycles. The third kappa shape index (κ3) is 2.81. The number of rotatable bonds is 2. The van der Waals surface area contributed by atoms with Crippen molar-refractivity contribution in [3.8, 4) is 0 Å².